The third-order valence-electron chi connectivity index (χ3n) is 3.62. The topological polar surface area (TPSA) is 20.3 Å². The van der Waals surface area contributed by atoms with Crippen molar-refractivity contribution in [1.82, 2.24) is 4.90 Å². The van der Waals surface area contributed by atoms with Crippen LogP contribution in [-0.4, -0.2) is 29.7 Å². The zero-order valence-corrected chi connectivity index (χ0v) is 9.80. The van der Waals surface area contributed by atoms with Gasteiger partial charge in [0, 0.05) is 18.9 Å². The van der Waals surface area contributed by atoms with Crippen LogP contribution in [0.3, 0.4) is 0 Å². The van der Waals surface area contributed by atoms with Gasteiger partial charge in [0.1, 0.15) is 0 Å². The normalized spacial score (nSPS) is 42.4. The second kappa shape index (κ2) is 2.97. The highest BCUT2D eigenvalue weighted by Crippen LogP contribution is 2.57. The van der Waals surface area contributed by atoms with E-state index in [1.54, 1.807) is 4.90 Å². The highest BCUT2D eigenvalue weighted by Gasteiger charge is 2.56. The van der Waals surface area contributed by atoms with Gasteiger partial charge in [-0.15, -0.1) is 0 Å². The molecule has 3 heteroatoms. The summed E-state index contributed by atoms with van der Waals surface area (Å²) in [6, 6.07) is 0. The third-order valence-corrected chi connectivity index (χ3v) is 4.87. The molecule has 2 aliphatic carbocycles. The van der Waals surface area contributed by atoms with Gasteiger partial charge in [0.15, 0.2) is 0 Å². The van der Waals surface area contributed by atoms with Gasteiger partial charge >= 0.3 is 0 Å². The van der Waals surface area contributed by atoms with Crippen LogP contribution in [0.5, 0.6) is 0 Å². The first-order valence-electron chi connectivity index (χ1n) is 4.92. The van der Waals surface area contributed by atoms with E-state index in [0.29, 0.717) is 10.7 Å². The monoisotopic (exact) mass is 245 g/mol. The molecule has 0 aromatic carbocycles. The molecule has 0 N–H and O–H groups in total. The maximum absolute atomic E-state index is 12.0. The predicted octanol–water partition coefficient (Wildman–Crippen LogP) is 2.03. The summed E-state index contributed by atoms with van der Waals surface area (Å²) in [7, 11) is 3.73. The second-order valence-corrected chi connectivity index (χ2v) is 5.77. The molecule has 0 aromatic heterocycles. The Hall–Kier alpha value is -0.0500. The molecular weight excluding hydrogens is 230 g/mol. The lowest BCUT2D eigenvalue weighted by molar-refractivity contribution is -0.138. The van der Waals surface area contributed by atoms with Crippen LogP contribution in [0.4, 0.5) is 0 Å². The zero-order chi connectivity index (χ0) is 9.64. The number of nitrogens with zero attached hydrogens (tertiary/aromatic N) is 1. The van der Waals surface area contributed by atoms with Crippen LogP contribution in [0.1, 0.15) is 25.7 Å². The molecule has 2 bridgehead atoms. The molecule has 2 saturated carbocycles. The smallest absolute Gasteiger partial charge is 0.229 e. The summed E-state index contributed by atoms with van der Waals surface area (Å²) in [6.45, 7) is 0. The molecule has 2 aliphatic rings. The number of halogens is 1. The summed E-state index contributed by atoms with van der Waals surface area (Å²) in [4.78, 5) is 14.2. The Morgan fingerprint density at radius 3 is 2.62 bits per heavy atom. The van der Waals surface area contributed by atoms with Crippen molar-refractivity contribution in [3.8, 4) is 0 Å². The fourth-order valence-corrected chi connectivity index (χ4v) is 4.10. The number of hydrogen-bond donors (Lipinski definition) is 0. The molecule has 2 nitrogen and oxygen atoms in total. The van der Waals surface area contributed by atoms with Crippen molar-refractivity contribution in [1.29, 1.82) is 0 Å². The first kappa shape index (κ1) is 9.50. The molecule has 13 heavy (non-hydrogen) atoms. The maximum Gasteiger partial charge on any atom is 0.229 e. The third kappa shape index (κ3) is 1.24. The van der Waals surface area contributed by atoms with E-state index in [4.69, 9.17) is 0 Å². The molecule has 0 spiro atoms. The van der Waals surface area contributed by atoms with Gasteiger partial charge in [-0.05, 0) is 31.6 Å². The summed E-state index contributed by atoms with van der Waals surface area (Å²) < 4.78 is 0. The van der Waals surface area contributed by atoms with Gasteiger partial charge in [-0.3, -0.25) is 4.79 Å². The van der Waals surface area contributed by atoms with E-state index in [9.17, 15) is 4.79 Å². The molecule has 0 aliphatic heterocycles. The van der Waals surface area contributed by atoms with E-state index in [0.717, 1.165) is 18.8 Å². The molecule has 0 aromatic rings. The first-order valence-corrected chi connectivity index (χ1v) is 5.83. The minimum atomic E-state index is -0.0475. The van der Waals surface area contributed by atoms with Gasteiger partial charge in [0.25, 0.3) is 0 Å². The average molecular weight is 246 g/mol. The fraction of sp³-hybridized carbons (Fsp3) is 0.900. The predicted molar refractivity (Wildman–Crippen MR) is 55.8 cm³/mol. The van der Waals surface area contributed by atoms with Gasteiger partial charge in [-0.2, -0.15) is 0 Å². The summed E-state index contributed by atoms with van der Waals surface area (Å²) >= 11 is 3.67. The quantitative estimate of drug-likeness (QED) is 0.648. The van der Waals surface area contributed by atoms with Gasteiger partial charge < -0.3 is 4.90 Å². The number of alkyl halides is 1. The molecule has 0 saturated heterocycles. The molecule has 74 valence electrons. The van der Waals surface area contributed by atoms with Gasteiger partial charge in [-0.25, -0.2) is 0 Å². The fourth-order valence-electron chi connectivity index (χ4n) is 2.96. The zero-order valence-electron chi connectivity index (χ0n) is 8.22. The first-order chi connectivity index (χ1) is 6.06. The van der Waals surface area contributed by atoms with Crippen LogP contribution in [0, 0.1) is 11.3 Å². The highest BCUT2D eigenvalue weighted by atomic mass is 79.9. The van der Waals surface area contributed by atoms with E-state index in [1.807, 2.05) is 14.1 Å². The van der Waals surface area contributed by atoms with Crippen LogP contribution in [-0.2, 0) is 4.79 Å². The van der Waals surface area contributed by atoms with Crippen LogP contribution >= 0.6 is 15.9 Å². The summed E-state index contributed by atoms with van der Waals surface area (Å²) in [5.74, 6) is 1.13. The van der Waals surface area contributed by atoms with E-state index < -0.39 is 0 Å². The van der Waals surface area contributed by atoms with E-state index in [-0.39, 0.29) is 5.41 Å². The van der Waals surface area contributed by atoms with E-state index in [2.05, 4.69) is 15.9 Å². The molecule has 0 unspecified atom stereocenters. The number of carbonyl (C=O) groups is 1. The van der Waals surface area contributed by atoms with Crippen LogP contribution in [0.2, 0.25) is 0 Å². The molecule has 2 rings (SSSR count). The minimum Gasteiger partial charge on any atom is -0.348 e. The maximum atomic E-state index is 12.0. The molecule has 3 atom stereocenters. The van der Waals surface area contributed by atoms with Crippen LogP contribution in [0.25, 0.3) is 0 Å². The largest absolute Gasteiger partial charge is 0.348 e. The van der Waals surface area contributed by atoms with Gasteiger partial charge in [-0.1, -0.05) is 15.9 Å². The molecule has 1 amide bonds. The van der Waals surface area contributed by atoms with E-state index >= 15 is 0 Å². The number of rotatable bonds is 1. The van der Waals surface area contributed by atoms with Crippen molar-refractivity contribution in [3.63, 3.8) is 0 Å². The second-order valence-electron chi connectivity index (χ2n) is 4.67. The summed E-state index contributed by atoms with van der Waals surface area (Å²) in [5.41, 5.74) is -0.0475. The Kier molecular flexibility index (Phi) is 2.17. The van der Waals surface area contributed by atoms with Crippen LogP contribution in [0.15, 0.2) is 0 Å². The molecule has 2 fully saturated rings. The molecule has 0 radical (unpaired) electrons. The summed E-state index contributed by atoms with van der Waals surface area (Å²) in [5, 5.41) is 0. The number of amides is 1. The lowest BCUT2D eigenvalue weighted by Gasteiger charge is -2.32. The van der Waals surface area contributed by atoms with Crippen molar-refractivity contribution >= 4 is 21.8 Å². The lowest BCUT2D eigenvalue weighted by Crippen LogP contribution is -2.42. The van der Waals surface area contributed by atoms with Crippen molar-refractivity contribution in [2.75, 3.05) is 14.1 Å². The Bertz CT molecular complexity index is 241. The van der Waals surface area contributed by atoms with Crippen molar-refractivity contribution in [2.45, 2.75) is 30.5 Å². The van der Waals surface area contributed by atoms with Gasteiger partial charge in [0.2, 0.25) is 5.91 Å². The van der Waals surface area contributed by atoms with Crippen molar-refractivity contribution in [3.05, 3.63) is 0 Å². The SMILES string of the molecule is CN(C)C(=O)[C@@]12CC[C@H](C[C@@H]1Br)C2. The highest BCUT2D eigenvalue weighted by molar-refractivity contribution is 9.09. The van der Waals surface area contributed by atoms with Crippen molar-refractivity contribution < 1.29 is 4.79 Å². The summed E-state index contributed by atoms with van der Waals surface area (Å²) in [6.07, 6.45) is 4.64. The van der Waals surface area contributed by atoms with Crippen molar-refractivity contribution in [2.24, 2.45) is 11.3 Å². The lowest BCUT2D eigenvalue weighted by atomic mass is 9.83. The standard InChI is InChI=1S/C10H16BrNO/c1-12(2)9(13)10-4-3-7(6-10)5-8(10)11/h7-8H,3-6H2,1-2H3/t7-,8+,10-/m1/s1. The van der Waals surface area contributed by atoms with Crippen LogP contribution < -0.4 is 0 Å². The minimum absolute atomic E-state index is 0.0475. The number of fused-ring (bicyclic) bond motifs is 2. The Morgan fingerprint density at radius 1 is 1.54 bits per heavy atom. The molecule has 0 heterocycles. The number of hydrogen-bond acceptors (Lipinski definition) is 1. The Labute approximate surface area is 87.8 Å². The van der Waals surface area contributed by atoms with E-state index in [1.165, 1.54) is 12.8 Å². The Balaban J connectivity index is 2.24. The number of carbonyl (C=O) groups excluding carboxylic acids is 1. The average Bonchev–Trinajstić information content (AvgIpc) is 2.60. The van der Waals surface area contributed by atoms with Gasteiger partial charge in [0.05, 0.1) is 5.41 Å². The molecular formula is C10H16BrNO. The Morgan fingerprint density at radius 2 is 2.23 bits per heavy atom.